The molecule has 2 aromatic carbocycles. The summed E-state index contributed by atoms with van der Waals surface area (Å²) in [4.78, 5) is 25.2. The summed E-state index contributed by atoms with van der Waals surface area (Å²) >= 11 is 6.00. The van der Waals surface area contributed by atoms with Crippen LogP contribution in [0.25, 0.3) is 5.69 Å². The van der Waals surface area contributed by atoms with E-state index in [9.17, 15) is 9.59 Å². The molecule has 0 spiro atoms. The average molecular weight is 473 g/mol. The van der Waals surface area contributed by atoms with Crippen molar-refractivity contribution in [3.8, 4) is 22.9 Å². The van der Waals surface area contributed by atoms with Crippen LogP contribution in [0.4, 0.5) is 0 Å². The van der Waals surface area contributed by atoms with E-state index in [1.807, 2.05) is 20.8 Å². The summed E-state index contributed by atoms with van der Waals surface area (Å²) in [7, 11) is 0. The molecule has 9 nitrogen and oxygen atoms in total. The van der Waals surface area contributed by atoms with Gasteiger partial charge in [0.05, 0.1) is 37.3 Å². The van der Waals surface area contributed by atoms with Crippen molar-refractivity contribution in [1.82, 2.24) is 20.6 Å². The molecule has 0 aliphatic heterocycles. The maximum atomic E-state index is 12.7. The zero-order valence-corrected chi connectivity index (χ0v) is 19.3. The fraction of sp³-hybridized carbons (Fsp3) is 0.261. The number of carbonyl (C=O) groups excluding carboxylic acids is 2. The summed E-state index contributed by atoms with van der Waals surface area (Å²) in [5.41, 5.74) is 5.98. The molecule has 3 aromatic rings. The molecule has 0 aliphatic rings. The summed E-state index contributed by atoms with van der Waals surface area (Å²) in [6, 6.07) is 10.1. The van der Waals surface area contributed by atoms with Crippen molar-refractivity contribution in [3.05, 3.63) is 64.9 Å². The van der Waals surface area contributed by atoms with Gasteiger partial charge >= 0.3 is 0 Å². The minimum Gasteiger partial charge on any atom is -0.490 e. The second-order valence-corrected chi connectivity index (χ2v) is 7.10. The van der Waals surface area contributed by atoms with Crippen LogP contribution in [0.3, 0.4) is 0 Å². The van der Waals surface area contributed by atoms with Crippen LogP contribution in [0.15, 0.2) is 48.8 Å². The van der Waals surface area contributed by atoms with Crippen molar-refractivity contribution in [2.75, 3.05) is 19.8 Å². The Balaban J connectivity index is 1.73. The average Bonchev–Trinajstić information content (AvgIpc) is 3.30. The summed E-state index contributed by atoms with van der Waals surface area (Å²) in [5.74, 6) is 0.109. The van der Waals surface area contributed by atoms with Gasteiger partial charge in [-0.15, -0.1) is 0 Å². The van der Waals surface area contributed by atoms with Crippen molar-refractivity contribution < 1.29 is 23.8 Å². The molecule has 1 heterocycles. The first-order valence-electron chi connectivity index (χ1n) is 10.4. The van der Waals surface area contributed by atoms with Crippen LogP contribution in [-0.4, -0.2) is 41.4 Å². The molecule has 2 amide bonds. The first kappa shape index (κ1) is 23.9. The first-order chi connectivity index (χ1) is 16.0. The van der Waals surface area contributed by atoms with Gasteiger partial charge in [-0.05, 0) is 51.1 Å². The third kappa shape index (κ3) is 5.95. The smallest absolute Gasteiger partial charge is 0.272 e. The Morgan fingerprint density at radius 3 is 2.09 bits per heavy atom. The monoisotopic (exact) mass is 472 g/mol. The number of benzene rings is 2. The highest BCUT2D eigenvalue weighted by Gasteiger charge is 2.19. The lowest BCUT2D eigenvalue weighted by Crippen LogP contribution is -2.41. The van der Waals surface area contributed by atoms with Crippen molar-refractivity contribution >= 4 is 23.4 Å². The number of hydrogen-bond donors (Lipinski definition) is 2. The van der Waals surface area contributed by atoms with E-state index < -0.39 is 11.8 Å². The number of carbonyl (C=O) groups is 2. The van der Waals surface area contributed by atoms with Crippen molar-refractivity contribution in [3.63, 3.8) is 0 Å². The third-order valence-electron chi connectivity index (χ3n) is 4.38. The molecule has 0 fully saturated rings. The van der Waals surface area contributed by atoms with E-state index in [1.165, 1.54) is 29.2 Å². The number of hydrazine groups is 1. The van der Waals surface area contributed by atoms with Crippen molar-refractivity contribution in [2.45, 2.75) is 20.8 Å². The summed E-state index contributed by atoms with van der Waals surface area (Å²) in [6.07, 6.45) is 2.92. The predicted molar refractivity (Wildman–Crippen MR) is 123 cm³/mol. The highest BCUT2D eigenvalue weighted by molar-refractivity contribution is 6.30. The molecule has 0 bridgehead atoms. The Kier molecular flexibility index (Phi) is 8.15. The summed E-state index contributed by atoms with van der Waals surface area (Å²) in [5, 5.41) is 4.71. The third-order valence-corrected chi connectivity index (χ3v) is 4.61. The van der Waals surface area contributed by atoms with Gasteiger partial charge in [-0.25, -0.2) is 4.68 Å². The summed E-state index contributed by atoms with van der Waals surface area (Å²) < 4.78 is 18.4. The Morgan fingerprint density at radius 1 is 0.909 bits per heavy atom. The van der Waals surface area contributed by atoms with Gasteiger partial charge in [0, 0.05) is 16.8 Å². The maximum absolute atomic E-state index is 12.7. The lowest BCUT2D eigenvalue weighted by Gasteiger charge is -2.17. The number of ether oxygens (including phenoxy) is 3. The Bertz CT molecular complexity index is 1100. The van der Waals surface area contributed by atoms with Gasteiger partial charge in [0.2, 0.25) is 5.75 Å². The normalized spacial score (nSPS) is 10.4. The number of aromatic nitrogens is 2. The number of halogens is 1. The van der Waals surface area contributed by atoms with Crippen LogP contribution in [0, 0.1) is 0 Å². The largest absolute Gasteiger partial charge is 0.490 e. The molecular weight excluding hydrogens is 448 g/mol. The first-order valence-corrected chi connectivity index (χ1v) is 10.8. The van der Waals surface area contributed by atoms with Gasteiger partial charge in [-0.2, -0.15) is 5.10 Å². The number of nitrogens with zero attached hydrogens (tertiary/aromatic N) is 2. The predicted octanol–water partition coefficient (Wildman–Crippen LogP) is 3.80. The van der Waals surface area contributed by atoms with Gasteiger partial charge < -0.3 is 14.2 Å². The van der Waals surface area contributed by atoms with Crippen LogP contribution in [-0.2, 0) is 0 Å². The molecule has 0 aliphatic carbocycles. The Labute approximate surface area is 196 Å². The fourth-order valence-corrected chi connectivity index (χ4v) is 3.16. The van der Waals surface area contributed by atoms with E-state index in [1.54, 1.807) is 24.3 Å². The van der Waals surface area contributed by atoms with Crippen LogP contribution in [0.2, 0.25) is 5.02 Å². The molecule has 0 unspecified atom stereocenters. The van der Waals surface area contributed by atoms with E-state index in [0.29, 0.717) is 47.8 Å². The van der Waals surface area contributed by atoms with Gasteiger partial charge in [0.1, 0.15) is 0 Å². The molecule has 0 atom stereocenters. The Morgan fingerprint density at radius 2 is 1.52 bits per heavy atom. The van der Waals surface area contributed by atoms with Gasteiger partial charge in [0.15, 0.2) is 11.5 Å². The molecule has 174 valence electrons. The van der Waals surface area contributed by atoms with Crippen LogP contribution in [0.1, 0.15) is 41.5 Å². The van der Waals surface area contributed by atoms with E-state index >= 15 is 0 Å². The van der Waals surface area contributed by atoms with E-state index in [-0.39, 0.29) is 11.1 Å². The van der Waals surface area contributed by atoms with Crippen LogP contribution in [0.5, 0.6) is 17.2 Å². The van der Waals surface area contributed by atoms with Gasteiger partial charge in [-0.3, -0.25) is 20.4 Å². The SMILES string of the molecule is CCOc1cc(C(=O)NNC(=O)c2cnn(-c3cccc(Cl)c3)c2)cc(OCC)c1OCC. The second kappa shape index (κ2) is 11.2. The van der Waals surface area contributed by atoms with E-state index in [0.717, 1.165) is 0 Å². The molecule has 1 aromatic heterocycles. The Hall–Kier alpha value is -3.72. The van der Waals surface area contributed by atoms with Crippen molar-refractivity contribution in [1.29, 1.82) is 0 Å². The zero-order valence-electron chi connectivity index (χ0n) is 18.6. The quantitative estimate of drug-likeness (QED) is 0.459. The lowest BCUT2D eigenvalue weighted by molar-refractivity contribution is 0.0846. The summed E-state index contributed by atoms with van der Waals surface area (Å²) in [6.45, 7) is 6.66. The molecule has 0 saturated heterocycles. The fourth-order valence-electron chi connectivity index (χ4n) is 2.98. The highest BCUT2D eigenvalue weighted by atomic mass is 35.5. The van der Waals surface area contributed by atoms with Gasteiger partial charge in [0.25, 0.3) is 11.8 Å². The standard InChI is InChI=1S/C23H25ClN4O5/c1-4-31-19-10-15(11-20(32-5-2)21(19)33-6-3)22(29)26-27-23(30)16-13-25-28(14-16)18-9-7-8-17(24)12-18/h7-14H,4-6H2,1-3H3,(H,26,29)(H,27,30). The van der Waals surface area contributed by atoms with Crippen LogP contribution < -0.4 is 25.1 Å². The second-order valence-electron chi connectivity index (χ2n) is 6.66. The number of amides is 2. The topological polar surface area (TPSA) is 104 Å². The molecule has 3 rings (SSSR count). The lowest BCUT2D eigenvalue weighted by atomic mass is 10.1. The number of rotatable bonds is 9. The molecular formula is C23H25ClN4O5. The maximum Gasteiger partial charge on any atom is 0.272 e. The number of nitrogens with one attached hydrogen (secondary N) is 2. The minimum absolute atomic E-state index is 0.236. The van der Waals surface area contributed by atoms with Crippen molar-refractivity contribution in [2.24, 2.45) is 0 Å². The molecule has 2 N–H and O–H groups in total. The zero-order chi connectivity index (χ0) is 23.8. The molecule has 33 heavy (non-hydrogen) atoms. The van der Waals surface area contributed by atoms with E-state index in [4.69, 9.17) is 25.8 Å². The molecule has 0 radical (unpaired) electrons. The highest BCUT2D eigenvalue weighted by Crippen LogP contribution is 2.39. The van der Waals surface area contributed by atoms with Gasteiger partial charge in [-0.1, -0.05) is 17.7 Å². The molecule has 10 heteroatoms. The van der Waals surface area contributed by atoms with E-state index in [2.05, 4.69) is 16.0 Å². The minimum atomic E-state index is -0.546. The number of hydrogen-bond acceptors (Lipinski definition) is 6. The molecule has 0 saturated carbocycles. The van der Waals surface area contributed by atoms with Crippen LogP contribution >= 0.6 is 11.6 Å².